The highest BCUT2D eigenvalue weighted by molar-refractivity contribution is 5.88. The topological polar surface area (TPSA) is 87.5 Å². The summed E-state index contributed by atoms with van der Waals surface area (Å²) in [4.78, 5) is 30.9. The Labute approximate surface area is 153 Å². The Morgan fingerprint density at radius 1 is 1.31 bits per heavy atom. The number of rotatable bonds is 6. The Balaban J connectivity index is 1.51. The van der Waals surface area contributed by atoms with Crippen LogP contribution in [0.2, 0.25) is 0 Å². The number of piperidine rings is 1. The standard InChI is InChI=1S/C19H26N4O3/c1-3-10-20-17(24)13(2)21-18(25)14-8-11-23(12-9-14)19-22-15-6-4-5-7-16(15)26-19/h4-7,13-14H,3,8-12H2,1-2H3,(H,20,24)(H,21,25). The summed E-state index contributed by atoms with van der Waals surface area (Å²) < 4.78 is 5.80. The molecule has 0 saturated carbocycles. The van der Waals surface area contributed by atoms with Crippen molar-refractivity contribution in [3.8, 4) is 0 Å². The van der Waals surface area contributed by atoms with Crippen LogP contribution >= 0.6 is 0 Å². The summed E-state index contributed by atoms with van der Waals surface area (Å²) in [5, 5.41) is 5.62. The van der Waals surface area contributed by atoms with Crippen LogP contribution in [0.15, 0.2) is 28.7 Å². The second-order valence-electron chi connectivity index (χ2n) is 6.75. The summed E-state index contributed by atoms with van der Waals surface area (Å²) in [6, 6.07) is 7.78. The van der Waals surface area contributed by atoms with Crippen molar-refractivity contribution in [1.29, 1.82) is 0 Å². The third kappa shape index (κ3) is 4.15. The van der Waals surface area contributed by atoms with Gasteiger partial charge in [-0.1, -0.05) is 19.1 Å². The molecule has 1 aromatic carbocycles. The largest absolute Gasteiger partial charge is 0.423 e. The Morgan fingerprint density at radius 2 is 2.04 bits per heavy atom. The number of carbonyl (C=O) groups is 2. The zero-order valence-corrected chi connectivity index (χ0v) is 15.3. The van der Waals surface area contributed by atoms with E-state index in [4.69, 9.17) is 4.42 Å². The Kier molecular flexibility index (Phi) is 5.75. The first-order valence-corrected chi connectivity index (χ1v) is 9.27. The molecule has 0 bridgehead atoms. The third-order valence-electron chi connectivity index (χ3n) is 4.72. The van der Waals surface area contributed by atoms with Crippen molar-refractivity contribution >= 4 is 28.9 Å². The minimum Gasteiger partial charge on any atom is -0.423 e. The molecule has 1 aliphatic rings. The van der Waals surface area contributed by atoms with Crippen LogP contribution in [0.1, 0.15) is 33.1 Å². The van der Waals surface area contributed by atoms with Gasteiger partial charge in [0.05, 0.1) is 0 Å². The van der Waals surface area contributed by atoms with E-state index >= 15 is 0 Å². The van der Waals surface area contributed by atoms with Gasteiger partial charge in [-0.05, 0) is 38.3 Å². The van der Waals surface area contributed by atoms with Crippen LogP contribution in [0.3, 0.4) is 0 Å². The molecule has 2 N–H and O–H groups in total. The van der Waals surface area contributed by atoms with E-state index in [-0.39, 0.29) is 17.7 Å². The molecule has 0 radical (unpaired) electrons. The van der Waals surface area contributed by atoms with Crippen LogP contribution in [0.4, 0.5) is 6.01 Å². The monoisotopic (exact) mass is 358 g/mol. The van der Waals surface area contributed by atoms with E-state index in [1.807, 2.05) is 31.2 Å². The number of hydrogen-bond acceptors (Lipinski definition) is 5. The molecule has 7 heteroatoms. The molecule has 2 amide bonds. The maximum atomic E-state index is 12.4. The molecule has 2 heterocycles. The normalized spacial score (nSPS) is 16.5. The number of nitrogens with zero attached hydrogens (tertiary/aromatic N) is 2. The zero-order valence-electron chi connectivity index (χ0n) is 15.3. The molecule has 3 rings (SSSR count). The summed E-state index contributed by atoms with van der Waals surface area (Å²) in [5.74, 6) is -0.275. The smallest absolute Gasteiger partial charge is 0.298 e. The van der Waals surface area contributed by atoms with Gasteiger partial charge in [-0.25, -0.2) is 0 Å². The molecule has 1 atom stereocenters. The Morgan fingerprint density at radius 3 is 2.73 bits per heavy atom. The number of carbonyl (C=O) groups excluding carboxylic acids is 2. The lowest BCUT2D eigenvalue weighted by atomic mass is 9.96. The molecule has 26 heavy (non-hydrogen) atoms. The fraction of sp³-hybridized carbons (Fsp3) is 0.526. The predicted molar refractivity (Wildman–Crippen MR) is 99.9 cm³/mol. The molecule has 1 fully saturated rings. The van der Waals surface area contributed by atoms with E-state index in [0.717, 1.165) is 17.5 Å². The number of oxazole rings is 1. The van der Waals surface area contributed by atoms with E-state index < -0.39 is 6.04 Å². The fourth-order valence-electron chi connectivity index (χ4n) is 3.13. The predicted octanol–water partition coefficient (Wildman–Crippen LogP) is 2.08. The lowest BCUT2D eigenvalue weighted by Crippen LogP contribution is -2.48. The minimum atomic E-state index is -0.510. The van der Waals surface area contributed by atoms with Crippen molar-refractivity contribution in [3.63, 3.8) is 0 Å². The Bertz CT molecular complexity index is 732. The van der Waals surface area contributed by atoms with Crippen LogP contribution < -0.4 is 15.5 Å². The second-order valence-corrected chi connectivity index (χ2v) is 6.75. The molecule has 2 aromatic rings. The van der Waals surface area contributed by atoms with E-state index in [0.29, 0.717) is 38.5 Å². The third-order valence-corrected chi connectivity index (χ3v) is 4.72. The molecule has 0 aliphatic carbocycles. The van der Waals surface area contributed by atoms with Gasteiger partial charge in [-0.15, -0.1) is 0 Å². The number of nitrogens with one attached hydrogen (secondary N) is 2. The SMILES string of the molecule is CCCNC(=O)C(C)NC(=O)C1CCN(c2nc3ccccc3o2)CC1. The van der Waals surface area contributed by atoms with Crippen LogP contribution in [-0.2, 0) is 9.59 Å². The average molecular weight is 358 g/mol. The number of benzene rings is 1. The van der Waals surface area contributed by atoms with Gasteiger partial charge in [0.25, 0.3) is 6.01 Å². The van der Waals surface area contributed by atoms with Gasteiger partial charge >= 0.3 is 0 Å². The highest BCUT2D eigenvalue weighted by Gasteiger charge is 2.28. The first kappa shape index (κ1) is 18.2. The van der Waals surface area contributed by atoms with Crippen molar-refractivity contribution in [2.24, 2.45) is 5.92 Å². The highest BCUT2D eigenvalue weighted by Crippen LogP contribution is 2.26. The molecule has 7 nitrogen and oxygen atoms in total. The maximum absolute atomic E-state index is 12.4. The van der Waals surface area contributed by atoms with Crippen LogP contribution in [-0.4, -0.2) is 42.5 Å². The van der Waals surface area contributed by atoms with Gasteiger partial charge in [0.15, 0.2) is 5.58 Å². The van der Waals surface area contributed by atoms with Crippen LogP contribution in [0, 0.1) is 5.92 Å². The summed E-state index contributed by atoms with van der Waals surface area (Å²) in [5.41, 5.74) is 1.61. The van der Waals surface area contributed by atoms with Crippen molar-refractivity contribution in [2.75, 3.05) is 24.5 Å². The highest BCUT2D eigenvalue weighted by atomic mass is 16.4. The van der Waals surface area contributed by atoms with E-state index in [1.54, 1.807) is 6.92 Å². The van der Waals surface area contributed by atoms with Gasteiger partial charge in [-0.3, -0.25) is 9.59 Å². The van der Waals surface area contributed by atoms with Gasteiger partial charge < -0.3 is 20.0 Å². The minimum absolute atomic E-state index is 0.0543. The summed E-state index contributed by atoms with van der Waals surface area (Å²) in [6.45, 7) is 5.76. The van der Waals surface area contributed by atoms with Gasteiger partial charge in [-0.2, -0.15) is 4.98 Å². The summed E-state index contributed by atoms with van der Waals surface area (Å²) >= 11 is 0. The average Bonchev–Trinajstić information content (AvgIpc) is 3.10. The van der Waals surface area contributed by atoms with Crippen LogP contribution in [0.25, 0.3) is 11.1 Å². The van der Waals surface area contributed by atoms with Crippen molar-refractivity contribution < 1.29 is 14.0 Å². The summed E-state index contributed by atoms with van der Waals surface area (Å²) in [7, 11) is 0. The molecule has 1 unspecified atom stereocenters. The van der Waals surface area contributed by atoms with Crippen molar-refractivity contribution in [1.82, 2.24) is 15.6 Å². The number of para-hydroxylation sites is 2. The first-order chi connectivity index (χ1) is 12.6. The molecule has 1 saturated heterocycles. The lowest BCUT2D eigenvalue weighted by molar-refractivity contribution is -0.131. The number of amides is 2. The van der Waals surface area contributed by atoms with Crippen LogP contribution in [0.5, 0.6) is 0 Å². The van der Waals surface area contributed by atoms with Crippen molar-refractivity contribution in [2.45, 2.75) is 39.2 Å². The number of hydrogen-bond donors (Lipinski definition) is 2. The maximum Gasteiger partial charge on any atom is 0.298 e. The van der Waals surface area contributed by atoms with E-state index in [9.17, 15) is 9.59 Å². The first-order valence-electron chi connectivity index (χ1n) is 9.27. The lowest BCUT2D eigenvalue weighted by Gasteiger charge is -2.30. The second kappa shape index (κ2) is 8.21. The molecular weight excluding hydrogens is 332 g/mol. The van der Waals surface area contributed by atoms with Gasteiger partial charge in [0.1, 0.15) is 11.6 Å². The molecule has 140 valence electrons. The molecule has 1 aromatic heterocycles. The molecule has 1 aliphatic heterocycles. The number of anilines is 1. The Hall–Kier alpha value is -2.57. The number of aromatic nitrogens is 1. The van der Waals surface area contributed by atoms with Gasteiger partial charge in [0, 0.05) is 25.6 Å². The molecule has 0 spiro atoms. The number of fused-ring (bicyclic) bond motifs is 1. The fourth-order valence-corrected chi connectivity index (χ4v) is 3.13. The van der Waals surface area contributed by atoms with Crippen molar-refractivity contribution in [3.05, 3.63) is 24.3 Å². The van der Waals surface area contributed by atoms with E-state index in [1.165, 1.54) is 0 Å². The molecular formula is C19H26N4O3. The van der Waals surface area contributed by atoms with Gasteiger partial charge in [0.2, 0.25) is 11.8 Å². The van der Waals surface area contributed by atoms with E-state index in [2.05, 4.69) is 20.5 Å². The summed E-state index contributed by atoms with van der Waals surface area (Å²) in [6.07, 6.45) is 2.31. The quantitative estimate of drug-likeness (QED) is 0.825. The zero-order chi connectivity index (χ0) is 18.5.